The molecule has 1 amide bonds. The van der Waals surface area contributed by atoms with Crippen molar-refractivity contribution in [3.63, 3.8) is 0 Å². The van der Waals surface area contributed by atoms with E-state index in [0.29, 0.717) is 33.6 Å². The molecule has 2 heterocycles. The van der Waals surface area contributed by atoms with E-state index in [1.54, 1.807) is 25.3 Å². The highest BCUT2D eigenvalue weighted by Crippen LogP contribution is 2.29. The lowest BCUT2D eigenvalue weighted by atomic mass is 10.2. The van der Waals surface area contributed by atoms with Gasteiger partial charge in [-0.3, -0.25) is 4.79 Å². The third-order valence-corrected chi connectivity index (χ3v) is 4.21. The highest BCUT2D eigenvalue weighted by molar-refractivity contribution is 7.99. The molecule has 1 aromatic carbocycles. The van der Waals surface area contributed by atoms with Crippen LogP contribution in [0, 0.1) is 6.92 Å². The van der Waals surface area contributed by atoms with Crippen molar-refractivity contribution in [1.82, 2.24) is 9.97 Å². The van der Waals surface area contributed by atoms with E-state index in [2.05, 4.69) is 15.3 Å². The maximum Gasteiger partial charge on any atom is 0.258 e. The molecule has 0 unspecified atom stereocenters. The zero-order chi connectivity index (χ0) is 17.8. The van der Waals surface area contributed by atoms with Gasteiger partial charge in [0.05, 0.1) is 25.7 Å². The lowest BCUT2D eigenvalue weighted by Crippen LogP contribution is -2.14. The predicted octanol–water partition coefficient (Wildman–Crippen LogP) is 3.28. The average molecular weight is 359 g/mol. The summed E-state index contributed by atoms with van der Waals surface area (Å²) in [7, 11) is 3.10. The van der Waals surface area contributed by atoms with Crippen LogP contribution in [0.15, 0.2) is 40.0 Å². The Bertz CT molecular complexity index is 910. The lowest BCUT2D eigenvalue weighted by Gasteiger charge is -2.11. The Labute approximate surface area is 148 Å². The lowest BCUT2D eigenvalue weighted by molar-refractivity contribution is -0.113. The van der Waals surface area contributed by atoms with E-state index in [4.69, 9.17) is 13.9 Å². The van der Waals surface area contributed by atoms with Gasteiger partial charge in [0.2, 0.25) is 5.91 Å². The van der Waals surface area contributed by atoms with Crippen LogP contribution in [0.1, 0.15) is 5.69 Å². The number of thioether (sulfide) groups is 1. The van der Waals surface area contributed by atoms with Crippen molar-refractivity contribution in [1.29, 1.82) is 0 Å². The van der Waals surface area contributed by atoms with Crippen molar-refractivity contribution < 1.29 is 18.7 Å². The van der Waals surface area contributed by atoms with Crippen LogP contribution in [0.25, 0.3) is 11.2 Å². The maximum absolute atomic E-state index is 12.2. The summed E-state index contributed by atoms with van der Waals surface area (Å²) in [4.78, 5) is 20.7. The fraction of sp³-hybridized carbons (Fsp3) is 0.235. The summed E-state index contributed by atoms with van der Waals surface area (Å²) in [5, 5.41) is 3.21. The quantitative estimate of drug-likeness (QED) is 0.676. The largest absolute Gasteiger partial charge is 0.497 e. The number of oxazole rings is 1. The predicted molar refractivity (Wildman–Crippen MR) is 95.4 cm³/mol. The van der Waals surface area contributed by atoms with Crippen molar-refractivity contribution in [3.8, 4) is 11.5 Å². The highest BCUT2D eigenvalue weighted by atomic mass is 32.2. The molecular formula is C17H17N3O4S. The molecular weight excluding hydrogens is 342 g/mol. The number of carbonyl (C=O) groups is 1. The fourth-order valence-electron chi connectivity index (χ4n) is 2.17. The molecule has 0 radical (unpaired) electrons. The maximum atomic E-state index is 12.2. The standard InChI is InChI=1S/C17H17N3O4S/c1-10-4-7-13-16(18-10)20-17(24-13)25-9-15(21)19-12-6-5-11(22-2)8-14(12)23-3/h4-8H,9H2,1-3H3,(H,19,21). The third kappa shape index (κ3) is 4.03. The second-order valence-electron chi connectivity index (χ2n) is 5.16. The summed E-state index contributed by atoms with van der Waals surface area (Å²) in [5.41, 5.74) is 2.58. The number of amides is 1. The molecule has 8 heteroatoms. The molecule has 0 aliphatic carbocycles. The van der Waals surface area contributed by atoms with Gasteiger partial charge < -0.3 is 19.2 Å². The number of rotatable bonds is 6. The SMILES string of the molecule is COc1ccc(NC(=O)CSc2nc3nc(C)ccc3o2)c(OC)c1. The van der Waals surface area contributed by atoms with Gasteiger partial charge in [0, 0.05) is 11.8 Å². The summed E-state index contributed by atoms with van der Waals surface area (Å²) in [6.07, 6.45) is 0. The number of nitrogens with zero attached hydrogens (tertiary/aromatic N) is 2. The van der Waals surface area contributed by atoms with Gasteiger partial charge in [0.1, 0.15) is 11.5 Å². The minimum absolute atomic E-state index is 0.154. The average Bonchev–Trinajstić information content (AvgIpc) is 3.02. The Kier molecular flexibility index (Phi) is 5.08. The number of methoxy groups -OCH3 is 2. The normalized spacial score (nSPS) is 10.7. The first-order valence-electron chi connectivity index (χ1n) is 7.48. The summed E-state index contributed by atoms with van der Waals surface area (Å²) in [5.74, 6) is 1.14. The van der Waals surface area contributed by atoms with Crippen molar-refractivity contribution in [2.75, 3.05) is 25.3 Å². The Morgan fingerprint density at radius 3 is 2.80 bits per heavy atom. The summed E-state index contributed by atoms with van der Waals surface area (Å²) in [6, 6.07) is 8.85. The van der Waals surface area contributed by atoms with Crippen LogP contribution < -0.4 is 14.8 Å². The topological polar surface area (TPSA) is 86.5 Å². The molecule has 3 aromatic rings. The Morgan fingerprint density at radius 1 is 1.20 bits per heavy atom. The third-order valence-electron chi connectivity index (χ3n) is 3.38. The van der Waals surface area contributed by atoms with Crippen molar-refractivity contribution in [3.05, 3.63) is 36.0 Å². The van der Waals surface area contributed by atoms with Gasteiger partial charge in [-0.15, -0.1) is 0 Å². The van der Waals surface area contributed by atoms with Gasteiger partial charge >= 0.3 is 0 Å². The number of aryl methyl sites for hydroxylation is 1. The Morgan fingerprint density at radius 2 is 2.04 bits per heavy atom. The molecule has 0 saturated carbocycles. The van der Waals surface area contributed by atoms with Gasteiger partial charge in [-0.25, -0.2) is 4.98 Å². The second-order valence-corrected chi connectivity index (χ2v) is 6.08. The summed E-state index contributed by atoms with van der Waals surface area (Å²) >= 11 is 1.21. The number of carbonyl (C=O) groups excluding carboxylic acids is 1. The van der Waals surface area contributed by atoms with Crippen LogP contribution in [0.3, 0.4) is 0 Å². The van der Waals surface area contributed by atoms with Crippen LogP contribution >= 0.6 is 11.8 Å². The number of benzene rings is 1. The van der Waals surface area contributed by atoms with Gasteiger partial charge in [-0.2, -0.15) is 4.98 Å². The van der Waals surface area contributed by atoms with E-state index in [0.717, 1.165) is 5.69 Å². The van der Waals surface area contributed by atoms with Crippen molar-refractivity contribution in [2.24, 2.45) is 0 Å². The fourth-order valence-corrected chi connectivity index (χ4v) is 2.80. The highest BCUT2D eigenvalue weighted by Gasteiger charge is 2.12. The monoisotopic (exact) mass is 359 g/mol. The van der Waals surface area contributed by atoms with Crippen LogP contribution in [-0.2, 0) is 4.79 Å². The number of pyridine rings is 1. The van der Waals surface area contributed by atoms with Gasteiger partial charge in [0.15, 0.2) is 11.2 Å². The zero-order valence-electron chi connectivity index (χ0n) is 14.0. The van der Waals surface area contributed by atoms with Crippen LogP contribution in [0.5, 0.6) is 11.5 Å². The molecule has 0 atom stereocenters. The molecule has 25 heavy (non-hydrogen) atoms. The van der Waals surface area contributed by atoms with Crippen molar-refractivity contribution >= 4 is 34.6 Å². The van der Waals surface area contributed by atoms with Gasteiger partial charge in [-0.05, 0) is 31.2 Å². The number of hydrogen-bond acceptors (Lipinski definition) is 7. The molecule has 2 aromatic heterocycles. The zero-order valence-corrected chi connectivity index (χ0v) is 14.8. The summed E-state index contributed by atoms with van der Waals surface area (Å²) < 4.78 is 16.0. The molecule has 130 valence electrons. The molecule has 0 fully saturated rings. The molecule has 0 spiro atoms. The smallest absolute Gasteiger partial charge is 0.258 e. The van der Waals surface area contributed by atoms with E-state index in [9.17, 15) is 4.79 Å². The van der Waals surface area contributed by atoms with Crippen LogP contribution in [0.4, 0.5) is 5.69 Å². The van der Waals surface area contributed by atoms with Crippen LogP contribution in [0.2, 0.25) is 0 Å². The number of ether oxygens (including phenoxy) is 2. The molecule has 7 nitrogen and oxygen atoms in total. The molecule has 1 N–H and O–H groups in total. The van der Waals surface area contributed by atoms with E-state index < -0.39 is 0 Å². The Balaban J connectivity index is 1.64. The first-order valence-corrected chi connectivity index (χ1v) is 8.46. The number of nitrogens with one attached hydrogen (secondary N) is 1. The Hall–Kier alpha value is -2.74. The van der Waals surface area contributed by atoms with E-state index >= 15 is 0 Å². The number of fused-ring (bicyclic) bond motifs is 1. The van der Waals surface area contributed by atoms with E-state index in [1.807, 2.05) is 19.1 Å². The molecule has 0 saturated heterocycles. The van der Waals surface area contributed by atoms with Crippen LogP contribution in [-0.4, -0.2) is 35.8 Å². The van der Waals surface area contributed by atoms with E-state index in [1.165, 1.54) is 18.9 Å². The van der Waals surface area contributed by atoms with Crippen molar-refractivity contribution in [2.45, 2.75) is 12.1 Å². The molecule has 0 aliphatic rings. The first kappa shape index (κ1) is 17.1. The minimum Gasteiger partial charge on any atom is -0.497 e. The number of anilines is 1. The number of aromatic nitrogens is 2. The van der Waals surface area contributed by atoms with E-state index in [-0.39, 0.29) is 11.7 Å². The second kappa shape index (κ2) is 7.43. The molecule has 0 aliphatic heterocycles. The molecule has 3 rings (SSSR count). The first-order chi connectivity index (χ1) is 12.1. The van der Waals surface area contributed by atoms with Gasteiger partial charge in [0.25, 0.3) is 5.22 Å². The summed E-state index contributed by atoms with van der Waals surface area (Å²) in [6.45, 7) is 1.89. The van der Waals surface area contributed by atoms with Gasteiger partial charge in [-0.1, -0.05) is 11.8 Å². The molecule has 0 bridgehead atoms. The number of hydrogen-bond donors (Lipinski definition) is 1. The minimum atomic E-state index is -0.195.